The predicted octanol–water partition coefficient (Wildman–Crippen LogP) is 2.45. The van der Waals surface area contributed by atoms with Gasteiger partial charge in [-0.1, -0.05) is 30.3 Å². The largest absolute Gasteiger partial charge is 0.346 e. The average Bonchev–Trinajstić information content (AvgIpc) is 3.24. The van der Waals surface area contributed by atoms with Crippen LogP contribution in [-0.2, 0) is 13.5 Å². The normalized spacial score (nSPS) is 12.3. The number of nitrogens with one attached hydrogen (secondary N) is 1. The topological polar surface area (TPSA) is 63.1 Å². The van der Waals surface area contributed by atoms with Crippen LogP contribution in [0.3, 0.4) is 0 Å². The second-order valence-corrected chi connectivity index (χ2v) is 7.42. The highest BCUT2D eigenvalue weighted by Crippen LogP contribution is 2.23. The highest BCUT2D eigenvalue weighted by molar-refractivity contribution is 7.13. The summed E-state index contributed by atoms with van der Waals surface area (Å²) in [6.07, 6.45) is 4.43. The van der Waals surface area contributed by atoms with Crippen LogP contribution in [0.1, 0.15) is 16.1 Å². The molecule has 0 fully saturated rings. The fourth-order valence-corrected chi connectivity index (χ4v) is 3.58. The van der Waals surface area contributed by atoms with E-state index < -0.39 is 0 Å². The molecule has 0 unspecified atom stereocenters. The Balaban J connectivity index is 1.70. The summed E-state index contributed by atoms with van der Waals surface area (Å²) >= 11 is 1.45. The van der Waals surface area contributed by atoms with Gasteiger partial charge in [-0.15, -0.1) is 11.3 Å². The lowest BCUT2D eigenvalue weighted by atomic mass is 10.1. The van der Waals surface area contributed by atoms with Crippen molar-refractivity contribution in [3.05, 3.63) is 59.4 Å². The minimum atomic E-state index is -0.140. The predicted molar refractivity (Wildman–Crippen MR) is 104 cm³/mol. The highest BCUT2D eigenvalue weighted by Gasteiger charge is 2.18. The Labute approximate surface area is 157 Å². The molecule has 2 aromatic heterocycles. The lowest BCUT2D eigenvalue weighted by molar-refractivity contribution is 0.0926. The van der Waals surface area contributed by atoms with E-state index in [0.29, 0.717) is 5.69 Å². The molecule has 0 aliphatic heterocycles. The molecule has 1 N–H and O–H groups in total. The first-order chi connectivity index (χ1) is 12.5. The van der Waals surface area contributed by atoms with Crippen LogP contribution in [0, 0.1) is 0 Å². The standard InChI is InChI=1S/C19H23N5OS/c1-23(2)12-16(9-14-7-5-4-6-8-14)21-18(25)17-13-26-19(22-17)15-10-20-24(3)11-15/h4-8,10-11,13,16H,9,12H2,1-3H3,(H,21,25)/t16-/m1/s1. The summed E-state index contributed by atoms with van der Waals surface area (Å²) in [6, 6.07) is 10.2. The van der Waals surface area contributed by atoms with E-state index in [1.54, 1.807) is 16.3 Å². The van der Waals surface area contributed by atoms with E-state index in [4.69, 9.17) is 0 Å². The third kappa shape index (κ3) is 4.77. The van der Waals surface area contributed by atoms with Crippen LogP contribution in [-0.4, -0.2) is 52.3 Å². The smallest absolute Gasteiger partial charge is 0.271 e. The van der Waals surface area contributed by atoms with Crippen molar-refractivity contribution in [2.45, 2.75) is 12.5 Å². The molecule has 0 spiro atoms. The molecule has 26 heavy (non-hydrogen) atoms. The maximum absolute atomic E-state index is 12.7. The van der Waals surface area contributed by atoms with Crippen molar-refractivity contribution in [3.8, 4) is 10.6 Å². The number of carbonyl (C=O) groups excluding carboxylic acids is 1. The molecule has 7 heteroatoms. The molecule has 136 valence electrons. The van der Waals surface area contributed by atoms with E-state index in [9.17, 15) is 4.79 Å². The zero-order valence-corrected chi connectivity index (χ0v) is 16.0. The van der Waals surface area contributed by atoms with Crippen molar-refractivity contribution in [3.63, 3.8) is 0 Å². The second-order valence-electron chi connectivity index (χ2n) is 6.56. The van der Waals surface area contributed by atoms with Gasteiger partial charge in [0.15, 0.2) is 0 Å². The maximum atomic E-state index is 12.7. The van der Waals surface area contributed by atoms with Crippen LogP contribution < -0.4 is 5.32 Å². The number of benzene rings is 1. The third-order valence-electron chi connectivity index (χ3n) is 3.93. The van der Waals surface area contributed by atoms with E-state index in [-0.39, 0.29) is 11.9 Å². The fraction of sp³-hybridized carbons (Fsp3) is 0.316. The summed E-state index contributed by atoms with van der Waals surface area (Å²) in [5.74, 6) is -0.140. The van der Waals surface area contributed by atoms with Gasteiger partial charge in [-0.25, -0.2) is 4.98 Å². The summed E-state index contributed by atoms with van der Waals surface area (Å²) in [6.45, 7) is 0.764. The molecule has 1 atom stereocenters. The summed E-state index contributed by atoms with van der Waals surface area (Å²) in [4.78, 5) is 19.2. The van der Waals surface area contributed by atoms with E-state index >= 15 is 0 Å². The van der Waals surface area contributed by atoms with Crippen molar-refractivity contribution in [2.24, 2.45) is 7.05 Å². The van der Waals surface area contributed by atoms with Crippen LogP contribution in [0.25, 0.3) is 10.6 Å². The molecular formula is C19H23N5OS. The minimum absolute atomic E-state index is 0.0171. The number of carbonyl (C=O) groups is 1. The monoisotopic (exact) mass is 369 g/mol. The first kappa shape index (κ1) is 18.3. The number of likely N-dealkylation sites (N-methyl/N-ethyl adjacent to an activating group) is 1. The van der Waals surface area contributed by atoms with Crippen molar-refractivity contribution in [1.29, 1.82) is 0 Å². The van der Waals surface area contributed by atoms with Gasteiger partial charge < -0.3 is 10.2 Å². The molecule has 0 saturated carbocycles. The van der Waals surface area contributed by atoms with E-state index in [2.05, 4.69) is 32.4 Å². The molecule has 0 aliphatic carbocycles. The quantitative estimate of drug-likeness (QED) is 0.695. The van der Waals surface area contributed by atoms with Crippen LogP contribution in [0.4, 0.5) is 0 Å². The van der Waals surface area contributed by atoms with E-state index in [1.807, 2.05) is 45.5 Å². The molecule has 0 bridgehead atoms. The molecule has 2 heterocycles. The van der Waals surface area contributed by atoms with E-state index in [1.165, 1.54) is 16.9 Å². The Bertz CT molecular complexity index is 856. The summed E-state index contributed by atoms with van der Waals surface area (Å²) in [5, 5.41) is 9.88. The number of amides is 1. The first-order valence-electron chi connectivity index (χ1n) is 8.45. The van der Waals surface area contributed by atoms with Crippen molar-refractivity contribution in [2.75, 3.05) is 20.6 Å². The maximum Gasteiger partial charge on any atom is 0.271 e. The minimum Gasteiger partial charge on any atom is -0.346 e. The fourth-order valence-electron chi connectivity index (χ4n) is 2.80. The Morgan fingerprint density at radius 2 is 2.08 bits per heavy atom. The lowest BCUT2D eigenvalue weighted by Crippen LogP contribution is -2.43. The zero-order valence-electron chi connectivity index (χ0n) is 15.2. The summed E-state index contributed by atoms with van der Waals surface area (Å²) in [7, 11) is 5.88. The SMILES string of the molecule is CN(C)C[C@@H](Cc1ccccc1)NC(=O)c1csc(-c2cnn(C)c2)n1. The van der Waals surface area contributed by atoms with Gasteiger partial charge in [0.05, 0.1) is 6.20 Å². The van der Waals surface area contributed by atoms with Crippen molar-refractivity contribution >= 4 is 17.2 Å². The van der Waals surface area contributed by atoms with Gasteiger partial charge in [0.2, 0.25) is 0 Å². The van der Waals surface area contributed by atoms with E-state index in [0.717, 1.165) is 23.5 Å². The number of aryl methyl sites for hydroxylation is 1. The number of nitrogens with zero attached hydrogens (tertiary/aromatic N) is 4. The summed E-state index contributed by atoms with van der Waals surface area (Å²) in [5.41, 5.74) is 2.57. The first-order valence-corrected chi connectivity index (χ1v) is 9.33. The Hall–Kier alpha value is -2.51. The van der Waals surface area contributed by atoms with Crippen LogP contribution in [0.2, 0.25) is 0 Å². The molecule has 1 amide bonds. The van der Waals surface area contributed by atoms with Gasteiger partial charge in [0.25, 0.3) is 5.91 Å². The third-order valence-corrected chi connectivity index (χ3v) is 4.83. The van der Waals surface area contributed by atoms with Crippen molar-refractivity contribution in [1.82, 2.24) is 25.0 Å². The van der Waals surface area contributed by atoms with Gasteiger partial charge >= 0.3 is 0 Å². The second kappa shape index (κ2) is 8.25. The van der Waals surface area contributed by atoms with Crippen LogP contribution in [0.15, 0.2) is 48.1 Å². The molecule has 3 rings (SSSR count). The highest BCUT2D eigenvalue weighted by atomic mass is 32.1. The van der Waals surface area contributed by atoms with Gasteiger partial charge in [-0.3, -0.25) is 9.48 Å². The Morgan fingerprint density at radius 1 is 1.31 bits per heavy atom. The van der Waals surface area contributed by atoms with Gasteiger partial charge in [0.1, 0.15) is 10.7 Å². The summed E-state index contributed by atoms with van der Waals surface area (Å²) < 4.78 is 1.73. The van der Waals surface area contributed by atoms with Crippen molar-refractivity contribution < 1.29 is 4.79 Å². The number of hydrogen-bond acceptors (Lipinski definition) is 5. The van der Waals surface area contributed by atoms with Gasteiger partial charge in [-0.05, 0) is 26.1 Å². The molecule has 0 aliphatic rings. The lowest BCUT2D eigenvalue weighted by Gasteiger charge is -2.22. The molecule has 3 aromatic rings. The van der Waals surface area contributed by atoms with Crippen LogP contribution in [0.5, 0.6) is 0 Å². The van der Waals surface area contributed by atoms with Crippen LogP contribution >= 0.6 is 11.3 Å². The molecular weight excluding hydrogens is 346 g/mol. The zero-order chi connectivity index (χ0) is 18.5. The molecule has 0 radical (unpaired) electrons. The van der Waals surface area contributed by atoms with Gasteiger partial charge in [-0.2, -0.15) is 5.10 Å². The Morgan fingerprint density at radius 3 is 2.73 bits per heavy atom. The number of aromatic nitrogens is 3. The number of hydrogen-bond donors (Lipinski definition) is 1. The molecule has 6 nitrogen and oxygen atoms in total. The van der Waals surface area contributed by atoms with Gasteiger partial charge in [0, 0.05) is 36.8 Å². The Kier molecular flexibility index (Phi) is 5.80. The number of thiazole rings is 1. The molecule has 0 saturated heterocycles. The number of rotatable bonds is 7. The average molecular weight is 369 g/mol. The molecule has 1 aromatic carbocycles.